The molecule has 1 N–H and O–H groups in total. The van der Waals surface area contributed by atoms with Crippen LogP contribution in [0.1, 0.15) is 37.7 Å². The highest BCUT2D eigenvalue weighted by Crippen LogP contribution is 2.30. The van der Waals surface area contributed by atoms with Gasteiger partial charge in [0.15, 0.2) is 0 Å². The highest BCUT2D eigenvalue weighted by Gasteiger charge is 2.13. The van der Waals surface area contributed by atoms with Gasteiger partial charge in [0.2, 0.25) is 0 Å². The summed E-state index contributed by atoms with van der Waals surface area (Å²) >= 11 is 1.74. The minimum Gasteiger partial charge on any atom is -0.297 e. The van der Waals surface area contributed by atoms with Crippen molar-refractivity contribution < 1.29 is 4.84 Å². The topological polar surface area (TPSA) is 34.1 Å². The minimum absolute atomic E-state index is 0.520. The fourth-order valence-electron chi connectivity index (χ4n) is 3.25. The molecule has 0 saturated heterocycles. The minimum atomic E-state index is 0.520. The number of nitrogens with zero attached hydrogens (tertiary/aromatic N) is 1. The number of hydrogen-bond donors (Lipinski definition) is 1. The van der Waals surface area contributed by atoms with Gasteiger partial charge in [-0.05, 0) is 36.6 Å². The Balaban J connectivity index is 1.43. The Kier molecular flexibility index (Phi) is 4.88. The van der Waals surface area contributed by atoms with Crippen LogP contribution in [0.3, 0.4) is 0 Å². The number of hydroxylamine groups is 1. The van der Waals surface area contributed by atoms with Crippen molar-refractivity contribution in [2.24, 2.45) is 0 Å². The van der Waals surface area contributed by atoms with E-state index in [4.69, 9.17) is 9.82 Å². The first-order valence-corrected chi connectivity index (χ1v) is 9.52. The first-order valence-electron chi connectivity index (χ1n) is 8.71. The molecule has 1 aliphatic carbocycles. The summed E-state index contributed by atoms with van der Waals surface area (Å²) in [4.78, 5) is 10.5. The van der Waals surface area contributed by atoms with E-state index < -0.39 is 0 Å². The third kappa shape index (κ3) is 3.66. The highest BCUT2D eigenvalue weighted by atomic mass is 32.1. The summed E-state index contributed by atoms with van der Waals surface area (Å²) in [5.41, 5.74) is 6.64. The Morgan fingerprint density at radius 2 is 1.92 bits per heavy atom. The van der Waals surface area contributed by atoms with E-state index >= 15 is 0 Å². The molecule has 1 heterocycles. The molecule has 1 aromatic heterocycles. The van der Waals surface area contributed by atoms with E-state index in [0.717, 1.165) is 16.1 Å². The Morgan fingerprint density at radius 1 is 1.04 bits per heavy atom. The zero-order valence-corrected chi connectivity index (χ0v) is 14.5. The van der Waals surface area contributed by atoms with Crippen molar-refractivity contribution in [3.63, 3.8) is 0 Å². The summed E-state index contributed by atoms with van der Waals surface area (Å²) in [6.07, 6.45) is 6.45. The molecule has 3 nitrogen and oxygen atoms in total. The van der Waals surface area contributed by atoms with Crippen molar-refractivity contribution in [3.05, 3.63) is 54.1 Å². The average molecular weight is 338 g/mol. The maximum absolute atomic E-state index is 5.74. The number of aromatic nitrogens is 1. The van der Waals surface area contributed by atoms with Gasteiger partial charge < -0.3 is 0 Å². The number of fused-ring (bicyclic) bond motifs is 1. The molecule has 1 aliphatic rings. The molecule has 0 aliphatic heterocycles. The van der Waals surface area contributed by atoms with E-state index in [1.54, 1.807) is 11.3 Å². The Bertz CT molecular complexity index is 775. The zero-order chi connectivity index (χ0) is 16.2. The van der Waals surface area contributed by atoms with Gasteiger partial charge in [-0.3, -0.25) is 4.84 Å². The predicted octanol–water partition coefficient (Wildman–Crippen LogP) is 5.32. The maximum atomic E-state index is 5.74. The van der Waals surface area contributed by atoms with Crippen molar-refractivity contribution >= 4 is 21.6 Å². The molecule has 4 rings (SSSR count). The molecule has 0 bridgehead atoms. The van der Waals surface area contributed by atoms with Gasteiger partial charge in [0.25, 0.3) is 0 Å². The quantitative estimate of drug-likeness (QED) is 0.640. The van der Waals surface area contributed by atoms with Gasteiger partial charge in [0.05, 0.1) is 16.8 Å². The van der Waals surface area contributed by atoms with E-state index in [9.17, 15) is 0 Å². The molecule has 24 heavy (non-hydrogen) atoms. The van der Waals surface area contributed by atoms with Gasteiger partial charge in [-0.25, -0.2) is 4.98 Å². The molecular weight excluding hydrogens is 316 g/mol. The van der Waals surface area contributed by atoms with Crippen LogP contribution in [0.2, 0.25) is 0 Å². The van der Waals surface area contributed by atoms with Crippen LogP contribution in [0.15, 0.2) is 48.5 Å². The molecule has 3 aromatic rings. The number of benzene rings is 2. The average Bonchev–Trinajstić information content (AvgIpc) is 3.07. The second-order valence-electron chi connectivity index (χ2n) is 6.43. The van der Waals surface area contributed by atoms with Crippen LogP contribution in [0.25, 0.3) is 20.8 Å². The second-order valence-corrected chi connectivity index (χ2v) is 7.46. The third-order valence-electron chi connectivity index (χ3n) is 4.56. The molecule has 0 unspecified atom stereocenters. The fraction of sp³-hybridized carbons (Fsp3) is 0.350. The van der Waals surface area contributed by atoms with E-state index in [0.29, 0.717) is 12.6 Å². The van der Waals surface area contributed by atoms with Crippen molar-refractivity contribution in [2.45, 2.75) is 44.8 Å². The van der Waals surface area contributed by atoms with Gasteiger partial charge >= 0.3 is 0 Å². The predicted molar refractivity (Wildman–Crippen MR) is 99.9 cm³/mol. The first kappa shape index (κ1) is 15.8. The molecule has 0 radical (unpaired) electrons. The molecule has 4 heteroatoms. The third-order valence-corrected chi connectivity index (χ3v) is 5.65. The lowest BCUT2D eigenvalue weighted by Gasteiger charge is -2.22. The van der Waals surface area contributed by atoms with Crippen LogP contribution >= 0.6 is 11.3 Å². The number of nitrogens with one attached hydrogen (secondary N) is 1. The molecule has 124 valence electrons. The van der Waals surface area contributed by atoms with Crippen molar-refractivity contribution in [1.29, 1.82) is 0 Å². The van der Waals surface area contributed by atoms with Crippen LogP contribution in [-0.2, 0) is 11.4 Å². The number of thiazole rings is 1. The lowest BCUT2D eigenvalue weighted by atomic mass is 9.96. The molecule has 0 spiro atoms. The van der Waals surface area contributed by atoms with E-state index in [-0.39, 0.29) is 0 Å². The molecule has 1 saturated carbocycles. The maximum Gasteiger partial charge on any atom is 0.124 e. The summed E-state index contributed by atoms with van der Waals surface area (Å²) in [6.45, 7) is 0.592. The SMILES string of the molecule is c1cc(CONC2CCCCC2)cc(-c2nc3ccccc3s2)c1. The monoisotopic (exact) mass is 338 g/mol. The summed E-state index contributed by atoms with van der Waals surface area (Å²) < 4.78 is 1.23. The van der Waals surface area contributed by atoms with Gasteiger partial charge in [0, 0.05) is 11.6 Å². The summed E-state index contributed by atoms with van der Waals surface area (Å²) in [7, 11) is 0. The molecule has 2 aromatic carbocycles. The molecule has 0 amide bonds. The fourth-order valence-corrected chi connectivity index (χ4v) is 4.22. The number of para-hydroxylation sites is 1. The smallest absolute Gasteiger partial charge is 0.124 e. The van der Waals surface area contributed by atoms with Gasteiger partial charge in [-0.2, -0.15) is 5.48 Å². The molecule has 0 atom stereocenters. The first-order chi connectivity index (χ1) is 11.9. The Hall–Kier alpha value is -1.75. The highest BCUT2D eigenvalue weighted by molar-refractivity contribution is 7.21. The van der Waals surface area contributed by atoms with Crippen molar-refractivity contribution in [1.82, 2.24) is 10.5 Å². The molecule has 1 fully saturated rings. The number of hydrogen-bond acceptors (Lipinski definition) is 4. The lowest BCUT2D eigenvalue weighted by Crippen LogP contribution is -2.30. The van der Waals surface area contributed by atoms with E-state index in [1.807, 2.05) is 6.07 Å². The Morgan fingerprint density at radius 3 is 2.79 bits per heavy atom. The summed E-state index contributed by atoms with van der Waals surface area (Å²) in [6, 6.07) is 17.3. The van der Waals surface area contributed by atoms with Crippen LogP contribution in [0.5, 0.6) is 0 Å². The van der Waals surface area contributed by atoms with Gasteiger partial charge in [0.1, 0.15) is 5.01 Å². The van der Waals surface area contributed by atoms with E-state index in [2.05, 4.69) is 47.9 Å². The largest absolute Gasteiger partial charge is 0.297 e. The van der Waals surface area contributed by atoms with Crippen LogP contribution in [0.4, 0.5) is 0 Å². The van der Waals surface area contributed by atoms with E-state index in [1.165, 1.54) is 42.4 Å². The van der Waals surface area contributed by atoms with Crippen LogP contribution in [0, 0.1) is 0 Å². The van der Waals surface area contributed by atoms with Crippen molar-refractivity contribution in [3.8, 4) is 10.6 Å². The summed E-state index contributed by atoms with van der Waals surface area (Å²) in [5.74, 6) is 0. The summed E-state index contributed by atoms with van der Waals surface area (Å²) in [5, 5.41) is 1.07. The van der Waals surface area contributed by atoms with Crippen LogP contribution < -0.4 is 5.48 Å². The van der Waals surface area contributed by atoms with Gasteiger partial charge in [-0.15, -0.1) is 11.3 Å². The van der Waals surface area contributed by atoms with Gasteiger partial charge in [-0.1, -0.05) is 49.6 Å². The zero-order valence-electron chi connectivity index (χ0n) is 13.7. The lowest BCUT2D eigenvalue weighted by molar-refractivity contribution is -0.00456. The standard InChI is InChI=1S/C20H22N2OS/c1-2-9-17(10-3-1)22-23-14-15-7-6-8-16(13-15)20-21-18-11-4-5-12-19(18)24-20/h4-8,11-13,17,22H,1-3,9-10,14H2. The normalized spacial score (nSPS) is 15.8. The van der Waals surface area contributed by atoms with Crippen molar-refractivity contribution in [2.75, 3.05) is 0 Å². The Labute approximate surface area is 146 Å². The molecular formula is C20H22N2OS. The number of rotatable bonds is 5. The van der Waals surface area contributed by atoms with Crippen LogP contribution in [-0.4, -0.2) is 11.0 Å². The second kappa shape index (κ2) is 7.43.